The van der Waals surface area contributed by atoms with Crippen LogP contribution in [0.2, 0.25) is 0 Å². The highest BCUT2D eigenvalue weighted by molar-refractivity contribution is 5.66. The number of methoxy groups -OCH3 is 1. The average Bonchev–Trinajstić information content (AvgIpc) is 3.25. The Morgan fingerprint density at radius 3 is 2.65 bits per heavy atom. The van der Waals surface area contributed by atoms with Crippen LogP contribution in [0.25, 0.3) is 16.8 Å². The number of nitrogens with one attached hydrogen (secondary N) is 1. The van der Waals surface area contributed by atoms with Crippen molar-refractivity contribution in [2.75, 3.05) is 12.4 Å². The zero-order chi connectivity index (χ0) is 26.3. The van der Waals surface area contributed by atoms with Crippen molar-refractivity contribution < 1.29 is 18.6 Å². The van der Waals surface area contributed by atoms with Crippen LogP contribution in [0.3, 0.4) is 0 Å². The van der Waals surface area contributed by atoms with Gasteiger partial charge in [-0.05, 0) is 73.1 Å². The lowest BCUT2D eigenvalue weighted by Crippen LogP contribution is -2.54. The van der Waals surface area contributed by atoms with E-state index in [1.807, 2.05) is 13.0 Å². The largest absolute Gasteiger partial charge is 0.388 e. The normalized spacial score (nSPS) is 23.9. The topological polar surface area (TPSA) is 111 Å². The number of nitrogens with zero attached hydrogens (tertiary/aromatic N) is 4. The maximum absolute atomic E-state index is 14.9. The van der Waals surface area contributed by atoms with Gasteiger partial charge in [0, 0.05) is 19.3 Å². The van der Waals surface area contributed by atoms with Crippen molar-refractivity contribution in [2.24, 2.45) is 11.7 Å². The monoisotopic (exact) mass is 508 g/mol. The van der Waals surface area contributed by atoms with E-state index in [0.717, 1.165) is 17.7 Å². The average molecular weight is 509 g/mol. The van der Waals surface area contributed by atoms with E-state index in [2.05, 4.69) is 20.4 Å². The van der Waals surface area contributed by atoms with Gasteiger partial charge >= 0.3 is 0 Å². The van der Waals surface area contributed by atoms with Crippen LogP contribution >= 0.6 is 0 Å². The second kappa shape index (κ2) is 9.77. The molecule has 0 saturated heterocycles. The Morgan fingerprint density at radius 2 is 1.95 bits per heavy atom. The molecule has 3 aromatic heterocycles. The van der Waals surface area contributed by atoms with Gasteiger partial charge in [0.05, 0.1) is 47.1 Å². The number of anilines is 2. The van der Waals surface area contributed by atoms with E-state index in [0.29, 0.717) is 23.4 Å². The summed E-state index contributed by atoms with van der Waals surface area (Å²) >= 11 is 0. The molecule has 0 radical (unpaired) electrons. The standard InChI is InChI=1S/C27H30F2N6O2/c1-15-8-17(11-24(30)27(15,2)36)19-6-7-31-13-23(19)33-26-32-12-18-4-5-22(34-35(18)26)25-20(28)9-16(14-37-3)10-21(25)29/h4-7,9-10,12-13,15,17,24,36H,8,11,14,30H2,1-3H3,(H,32,33). The summed E-state index contributed by atoms with van der Waals surface area (Å²) in [7, 11) is 1.47. The summed E-state index contributed by atoms with van der Waals surface area (Å²) in [4.78, 5) is 8.71. The Balaban J connectivity index is 1.49. The van der Waals surface area contributed by atoms with E-state index in [9.17, 15) is 13.9 Å². The highest BCUT2D eigenvalue weighted by Crippen LogP contribution is 2.43. The highest BCUT2D eigenvalue weighted by atomic mass is 19.1. The van der Waals surface area contributed by atoms with E-state index in [1.165, 1.54) is 23.8 Å². The number of hydrogen-bond acceptors (Lipinski definition) is 7. The fraction of sp³-hybridized carbons (Fsp3) is 0.370. The lowest BCUT2D eigenvalue weighted by atomic mass is 9.68. The van der Waals surface area contributed by atoms with Crippen LogP contribution in [-0.2, 0) is 11.3 Å². The lowest BCUT2D eigenvalue weighted by Gasteiger charge is -2.44. The second-order valence-electron chi connectivity index (χ2n) is 9.99. The Hall–Kier alpha value is -3.47. The summed E-state index contributed by atoms with van der Waals surface area (Å²) in [5.41, 5.74) is 8.10. The maximum Gasteiger partial charge on any atom is 0.229 e. The van der Waals surface area contributed by atoms with E-state index in [1.54, 1.807) is 37.6 Å². The summed E-state index contributed by atoms with van der Waals surface area (Å²) in [5, 5.41) is 18.5. The van der Waals surface area contributed by atoms with Crippen LogP contribution in [0.4, 0.5) is 20.4 Å². The molecule has 1 aliphatic rings. The SMILES string of the molecule is COCc1cc(F)c(-c2ccc3cnc(Nc4cnccc4C4CC(C)C(C)(O)C(N)C4)n3n2)c(F)c1. The summed E-state index contributed by atoms with van der Waals surface area (Å²) in [5.74, 6) is -0.940. The first-order chi connectivity index (χ1) is 17.7. The molecule has 4 aromatic rings. The number of benzene rings is 1. The van der Waals surface area contributed by atoms with Gasteiger partial charge in [-0.3, -0.25) is 4.98 Å². The minimum Gasteiger partial charge on any atom is -0.388 e. The quantitative estimate of drug-likeness (QED) is 0.350. The van der Waals surface area contributed by atoms with Gasteiger partial charge in [0.25, 0.3) is 0 Å². The van der Waals surface area contributed by atoms with Crippen LogP contribution in [0, 0.1) is 17.6 Å². The fourth-order valence-corrected chi connectivity index (χ4v) is 5.13. The number of imidazole rings is 1. The van der Waals surface area contributed by atoms with Crippen LogP contribution in [0.15, 0.2) is 48.9 Å². The molecule has 37 heavy (non-hydrogen) atoms. The molecule has 0 amide bonds. The van der Waals surface area contributed by atoms with Gasteiger partial charge in [-0.2, -0.15) is 9.61 Å². The van der Waals surface area contributed by atoms with E-state index in [4.69, 9.17) is 10.5 Å². The van der Waals surface area contributed by atoms with Crippen molar-refractivity contribution in [3.05, 3.63) is 71.7 Å². The first-order valence-corrected chi connectivity index (χ1v) is 12.2. The number of hydrogen-bond donors (Lipinski definition) is 3. The van der Waals surface area contributed by atoms with E-state index in [-0.39, 0.29) is 35.7 Å². The Kier molecular flexibility index (Phi) is 6.65. The Labute approximate surface area is 213 Å². The third-order valence-electron chi connectivity index (χ3n) is 7.52. The molecular weight excluding hydrogens is 478 g/mol. The van der Waals surface area contributed by atoms with Gasteiger partial charge in [0.2, 0.25) is 5.95 Å². The molecule has 5 rings (SSSR count). The third-order valence-corrected chi connectivity index (χ3v) is 7.52. The molecule has 8 nitrogen and oxygen atoms in total. The smallest absolute Gasteiger partial charge is 0.229 e. The van der Waals surface area contributed by atoms with Crippen molar-refractivity contribution >= 4 is 17.2 Å². The predicted molar refractivity (Wildman–Crippen MR) is 136 cm³/mol. The Morgan fingerprint density at radius 1 is 1.19 bits per heavy atom. The van der Waals surface area contributed by atoms with Crippen molar-refractivity contribution in [2.45, 2.75) is 50.9 Å². The zero-order valence-corrected chi connectivity index (χ0v) is 20.9. The molecule has 1 fully saturated rings. The minimum absolute atomic E-state index is 0.0128. The molecule has 0 aliphatic heterocycles. The van der Waals surface area contributed by atoms with Crippen molar-refractivity contribution in [1.29, 1.82) is 0 Å². The molecule has 194 valence electrons. The number of pyridine rings is 1. The number of fused-ring (bicyclic) bond motifs is 1. The molecule has 1 aliphatic carbocycles. The number of ether oxygens (including phenoxy) is 1. The number of nitrogens with two attached hydrogens (primary N) is 1. The summed E-state index contributed by atoms with van der Waals surface area (Å²) in [6.45, 7) is 3.90. The number of rotatable bonds is 6. The summed E-state index contributed by atoms with van der Waals surface area (Å²) < 4.78 is 36.2. The van der Waals surface area contributed by atoms with Crippen LogP contribution in [0.5, 0.6) is 0 Å². The molecule has 1 aromatic carbocycles. The number of halogens is 2. The fourth-order valence-electron chi connectivity index (χ4n) is 5.13. The van der Waals surface area contributed by atoms with E-state index < -0.39 is 17.2 Å². The first kappa shape index (κ1) is 25.2. The summed E-state index contributed by atoms with van der Waals surface area (Å²) in [6.07, 6.45) is 6.44. The molecule has 10 heteroatoms. The van der Waals surface area contributed by atoms with Crippen molar-refractivity contribution in [3.63, 3.8) is 0 Å². The molecule has 1 saturated carbocycles. The van der Waals surface area contributed by atoms with Gasteiger partial charge in [-0.25, -0.2) is 13.8 Å². The molecule has 4 N–H and O–H groups in total. The summed E-state index contributed by atoms with van der Waals surface area (Å²) in [6, 6.07) is 7.33. The number of aromatic nitrogens is 4. The lowest BCUT2D eigenvalue weighted by molar-refractivity contribution is -0.0463. The molecule has 3 heterocycles. The van der Waals surface area contributed by atoms with E-state index >= 15 is 0 Å². The highest BCUT2D eigenvalue weighted by Gasteiger charge is 2.42. The van der Waals surface area contributed by atoms with Crippen LogP contribution < -0.4 is 11.1 Å². The van der Waals surface area contributed by atoms with Gasteiger partial charge in [0.1, 0.15) is 11.6 Å². The Bertz CT molecular complexity index is 1400. The van der Waals surface area contributed by atoms with Gasteiger partial charge in [-0.15, -0.1) is 0 Å². The molecule has 4 atom stereocenters. The zero-order valence-electron chi connectivity index (χ0n) is 20.9. The number of aliphatic hydroxyl groups is 1. The molecular formula is C27H30F2N6O2. The predicted octanol–water partition coefficient (Wildman–Crippen LogP) is 4.55. The second-order valence-corrected chi connectivity index (χ2v) is 9.99. The molecule has 4 unspecified atom stereocenters. The van der Waals surface area contributed by atoms with Crippen molar-refractivity contribution in [1.82, 2.24) is 19.6 Å². The van der Waals surface area contributed by atoms with Gasteiger partial charge in [-0.1, -0.05) is 6.92 Å². The molecule has 0 bridgehead atoms. The van der Waals surface area contributed by atoms with Gasteiger partial charge < -0.3 is 20.9 Å². The van der Waals surface area contributed by atoms with Crippen molar-refractivity contribution in [3.8, 4) is 11.3 Å². The van der Waals surface area contributed by atoms with Crippen LogP contribution in [0.1, 0.15) is 43.7 Å². The third kappa shape index (κ3) is 4.68. The maximum atomic E-state index is 14.9. The first-order valence-electron chi connectivity index (χ1n) is 12.2. The molecule has 0 spiro atoms. The van der Waals surface area contributed by atoms with Crippen LogP contribution in [-0.4, -0.2) is 43.4 Å². The van der Waals surface area contributed by atoms with Gasteiger partial charge in [0.15, 0.2) is 0 Å². The minimum atomic E-state index is -0.928.